The number of nitrogens with zero attached hydrogens (tertiary/aromatic N) is 4. The van der Waals surface area contributed by atoms with Crippen molar-refractivity contribution in [2.45, 2.75) is 19.3 Å². The highest BCUT2D eigenvalue weighted by molar-refractivity contribution is 5.90. The third-order valence-corrected chi connectivity index (χ3v) is 4.54. The molecular weight excluding hydrogens is 376 g/mol. The highest BCUT2D eigenvalue weighted by atomic mass is 16.1. The van der Waals surface area contributed by atoms with Gasteiger partial charge in [-0.05, 0) is 60.9 Å². The smallest absolute Gasteiger partial charge is 0.224 e. The quantitative estimate of drug-likeness (QED) is 0.460. The molecule has 0 unspecified atom stereocenters. The minimum atomic E-state index is 0.0201. The molecule has 0 spiro atoms. The Morgan fingerprint density at radius 2 is 1.67 bits per heavy atom. The molecule has 0 aliphatic carbocycles. The molecule has 0 saturated heterocycles. The summed E-state index contributed by atoms with van der Waals surface area (Å²) in [6.45, 7) is 0. The lowest BCUT2D eigenvalue weighted by Crippen LogP contribution is -2.11. The fourth-order valence-corrected chi connectivity index (χ4v) is 3.02. The molecule has 0 aliphatic heterocycles. The average molecular weight is 398 g/mol. The molecule has 7 nitrogen and oxygen atoms in total. The van der Waals surface area contributed by atoms with E-state index in [4.69, 9.17) is 0 Å². The van der Waals surface area contributed by atoms with E-state index < -0.39 is 0 Å². The van der Waals surface area contributed by atoms with Gasteiger partial charge in [0.1, 0.15) is 0 Å². The molecule has 0 radical (unpaired) electrons. The highest BCUT2D eigenvalue weighted by Gasteiger charge is 2.04. The van der Waals surface area contributed by atoms with Crippen LogP contribution in [0.25, 0.3) is 5.82 Å². The maximum atomic E-state index is 12.2. The molecule has 0 saturated carbocycles. The van der Waals surface area contributed by atoms with Crippen LogP contribution in [0.15, 0.2) is 85.2 Å². The van der Waals surface area contributed by atoms with Gasteiger partial charge in [0.25, 0.3) is 0 Å². The summed E-state index contributed by atoms with van der Waals surface area (Å²) in [5, 5.41) is 18.6. The van der Waals surface area contributed by atoms with Gasteiger partial charge in [-0.15, -0.1) is 10.2 Å². The van der Waals surface area contributed by atoms with E-state index in [2.05, 4.69) is 38.1 Å². The predicted molar refractivity (Wildman–Crippen MR) is 117 cm³/mol. The van der Waals surface area contributed by atoms with Crippen LogP contribution in [0.3, 0.4) is 0 Å². The van der Waals surface area contributed by atoms with Gasteiger partial charge >= 0.3 is 0 Å². The standard InChI is InChI=1S/C23H22N6O/c30-23(9-4-8-18-6-2-1-3-7-18)26-20-12-10-19(11-13-20)25-21-14-15-22(28-27-21)29-17-5-16-24-29/h1-3,5-7,10-17H,4,8-9H2,(H,25,27)(H,26,30). The van der Waals surface area contributed by atoms with Gasteiger partial charge in [-0.2, -0.15) is 5.10 Å². The lowest BCUT2D eigenvalue weighted by Gasteiger charge is -2.08. The number of aryl methyl sites for hydroxylation is 1. The zero-order valence-corrected chi connectivity index (χ0v) is 16.4. The van der Waals surface area contributed by atoms with Gasteiger partial charge in [-0.25, -0.2) is 4.68 Å². The average Bonchev–Trinajstić information content (AvgIpc) is 3.31. The fourth-order valence-electron chi connectivity index (χ4n) is 3.02. The first kappa shape index (κ1) is 19.3. The monoisotopic (exact) mass is 398 g/mol. The minimum absolute atomic E-state index is 0.0201. The largest absolute Gasteiger partial charge is 0.339 e. The Hall–Kier alpha value is -4.00. The first-order chi connectivity index (χ1) is 14.8. The number of nitrogens with one attached hydrogen (secondary N) is 2. The van der Waals surface area contributed by atoms with Gasteiger partial charge in [-0.1, -0.05) is 30.3 Å². The van der Waals surface area contributed by atoms with Crippen LogP contribution >= 0.6 is 0 Å². The van der Waals surface area contributed by atoms with E-state index in [0.717, 1.165) is 24.2 Å². The third-order valence-electron chi connectivity index (χ3n) is 4.54. The van der Waals surface area contributed by atoms with Gasteiger partial charge < -0.3 is 10.6 Å². The van der Waals surface area contributed by atoms with Crippen LogP contribution in [0.2, 0.25) is 0 Å². The molecule has 0 atom stereocenters. The van der Waals surface area contributed by atoms with E-state index in [0.29, 0.717) is 18.1 Å². The zero-order valence-electron chi connectivity index (χ0n) is 16.4. The van der Waals surface area contributed by atoms with Crippen LogP contribution in [0.1, 0.15) is 18.4 Å². The summed E-state index contributed by atoms with van der Waals surface area (Å²) >= 11 is 0. The van der Waals surface area contributed by atoms with E-state index in [1.807, 2.05) is 66.9 Å². The molecule has 1 amide bonds. The second kappa shape index (κ2) is 9.47. The number of carbonyl (C=O) groups excluding carboxylic acids is 1. The maximum absolute atomic E-state index is 12.2. The lowest BCUT2D eigenvalue weighted by atomic mass is 10.1. The van der Waals surface area contributed by atoms with Gasteiger partial charge in [0.2, 0.25) is 5.91 Å². The molecule has 2 N–H and O–H groups in total. The van der Waals surface area contributed by atoms with Crippen LogP contribution in [0, 0.1) is 0 Å². The molecule has 4 aromatic rings. The number of aromatic nitrogens is 4. The Kier molecular flexibility index (Phi) is 6.10. The highest BCUT2D eigenvalue weighted by Crippen LogP contribution is 2.18. The molecule has 0 fully saturated rings. The fraction of sp³-hybridized carbons (Fsp3) is 0.130. The second-order valence-corrected chi connectivity index (χ2v) is 6.82. The summed E-state index contributed by atoms with van der Waals surface area (Å²) in [5.41, 5.74) is 2.88. The van der Waals surface area contributed by atoms with Crippen LogP contribution in [-0.4, -0.2) is 25.9 Å². The van der Waals surface area contributed by atoms with Crippen molar-refractivity contribution in [3.63, 3.8) is 0 Å². The van der Waals surface area contributed by atoms with E-state index in [1.165, 1.54) is 5.56 Å². The van der Waals surface area contributed by atoms with Crippen LogP contribution in [0.4, 0.5) is 17.2 Å². The van der Waals surface area contributed by atoms with E-state index in [9.17, 15) is 4.79 Å². The predicted octanol–water partition coefficient (Wildman–Crippen LogP) is 4.37. The molecule has 0 aliphatic rings. The normalized spacial score (nSPS) is 10.5. The molecule has 30 heavy (non-hydrogen) atoms. The first-order valence-electron chi connectivity index (χ1n) is 9.81. The first-order valence-corrected chi connectivity index (χ1v) is 9.81. The minimum Gasteiger partial charge on any atom is -0.339 e. The van der Waals surface area contributed by atoms with E-state index >= 15 is 0 Å². The second-order valence-electron chi connectivity index (χ2n) is 6.82. The maximum Gasteiger partial charge on any atom is 0.224 e. The summed E-state index contributed by atoms with van der Waals surface area (Å²) in [6.07, 6.45) is 5.72. The van der Waals surface area contributed by atoms with Crippen molar-refractivity contribution in [1.29, 1.82) is 0 Å². The van der Waals surface area contributed by atoms with Crippen molar-refractivity contribution in [3.05, 3.63) is 90.8 Å². The molecule has 150 valence electrons. The number of anilines is 3. The molecule has 2 heterocycles. The summed E-state index contributed by atoms with van der Waals surface area (Å²) < 4.78 is 1.65. The number of amides is 1. The number of hydrogen-bond donors (Lipinski definition) is 2. The molecule has 2 aromatic carbocycles. The third kappa shape index (κ3) is 5.29. The van der Waals surface area contributed by atoms with Gasteiger partial charge in [-0.3, -0.25) is 4.79 Å². The summed E-state index contributed by atoms with van der Waals surface area (Å²) in [4.78, 5) is 12.2. The number of carbonyl (C=O) groups is 1. The van der Waals surface area contributed by atoms with Crippen molar-refractivity contribution < 1.29 is 4.79 Å². The van der Waals surface area contributed by atoms with Crippen molar-refractivity contribution in [2.75, 3.05) is 10.6 Å². The van der Waals surface area contributed by atoms with Crippen molar-refractivity contribution >= 4 is 23.1 Å². The molecular formula is C23H22N6O. The van der Waals surface area contributed by atoms with Gasteiger partial charge in [0.15, 0.2) is 11.6 Å². The Bertz CT molecular complexity index is 1060. The molecule has 7 heteroatoms. The van der Waals surface area contributed by atoms with Crippen molar-refractivity contribution in [3.8, 4) is 5.82 Å². The van der Waals surface area contributed by atoms with Gasteiger partial charge in [0.05, 0.1) is 0 Å². The summed E-state index contributed by atoms with van der Waals surface area (Å²) in [7, 11) is 0. The number of rotatable bonds is 8. The number of hydrogen-bond acceptors (Lipinski definition) is 5. The molecule has 0 bridgehead atoms. The van der Waals surface area contributed by atoms with Gasteiger partial charge in [0, 0.05) is 30.2 Å². The molecule has 4 rings (SSSR count). The number of benzene rings is 2. The van der Waals surface area contributed by atoms with Crippen LogP contribution in [-0.2, 0) is 11.2 Å². The van der Waals surface area contributed by atoms with E-state index in [-0.39, 0.29) is 5.91 Å². The summed E-state index contributed by atoms with van der Waals surface area (Å²) in [5.74, 6) is 1.30. The zero-order chi connectivity index (χ0) is 20.6. The summed E-state index contributed by atoms with van der Waals surface area (Å²) in [6, 6.07) is 23.2. The van der Waals surface area contributed by atoms with Crippen LogP contribution in [0.5, 0.6) is 0 Å². The Labute approximate surface area is 174 Å². The topological polar surface area (TPSA) is 84.7 Å². The van der Waals surface area contributed by atoms with Crippen molar-refractivity contribution in [2.24, 2.45) is 0 Å². The van der Waals surface area contributed by atoms with Crippen LogP contribution < -0.4 is 10.6 Å². The Morgan fingerprint density at radius 1 is 0.867 bits per heavy atom. The van der Waals surface area contributed by atoms with Crippen molar-refractivity contribution in [1.82, 2.24) is 20.0 Å². The Morgan fingerprint density at radius 3 is 2.37 bits per heavy atom. The SMILES string of the molecule is O=C(CCCc1ccccc1)Nc1ccc(Nc2ccc(-n3cccn3)nn2)cc1. The van der Waals surface area contributed by atoms with E-state index in [1.54, 1.807) is 10.9 Å². The Balaban J connectivity index is 1.26. The lowest BCUT2D eigenvalue weighted by molar-refractivity contribution is -0.116. The molecule has 2 aromatic heterocycles.